The van der Waals surface area contributed by atoms with Gasteiger partial charge in [0.05, 0.1) is 7.11 Å². The first-order chi connectivity index (χ1) is 15.4. The molecule has 3 aromatic rings. The number of benzene rings is 3. The van der Waals surface area contributed by atoms with Gasteiger partial charge in [0.15, 0.2) is 11.5 Å². The first kappa shape index (κ1) is 23.1. The van der Waals surface area contributed by atoms with Gasteiger partial charge in [-0.2, -0.15) is 5.26 Å². The Bertz CT molecular complexity index is 1180. The molecule has 3 aromatic carbocycles. The number of ether oxygens (including phenoxy) is 2. The Kier molecular flexibility index (Phi) is 7.69. The molecule has 0 radical (unpaired) electrons. The summed E-state index contributed by atoms with van der Waals surface area (Å²) in [4.78, 5) is 12.6. The van der Waals surface area contributed by atoms with Gasteiger partial charge in [-0.25, -0.2) is 0 Å². The van der Waals surface area contributed by atoms with E-state index in [4.69, 9.17) is 9.47 Å². The number of aryl methyl sites for hydroxylation is 2. The van der Waals surface area contributed by atoms with Crippen molar-refractivity contribution in [2.75, 3.05) is 12.4 Å². The summed E-state index contributed by atoms with van der Waals surface area (Å²) >= 11 is 3.51. The van der Waals surface area contributed by atoms with Crippen molar-refractivity contribution in [3.05, 3.63) is 93.0 Å². The molecule has 1 amide bonds. The summed E-state index contributed by atoms with van der Waals surface area (Å²) in [6.45, 7) is 4.39. The van der Waals surface area contributed by atoms with E-state index in [1.807, 2.05) is 56.3 Å². The Balaban J connectivity index is 1.80. The molecule has 0 unspecified atom stereocenters. The molecule has 0 spiro atoms. The van der Waals surface area contributed by atoms with Gasteiger partial charge in [-0.1, -0.05) is 63.5 Å². The molecule has 0 bridgehead atoms. The number of nitriles is 1. The van der Waals surface area contributed by atoms with Crippen LogP contribution in [-0.2, 0) is 11.4 Å². The van der Waals surface area contributed by atoms with Gasteiger partial charge in [0.1, 0.15) is 18.2 Å². The molecule has 0 aromatic heterocycles. The molecule has 0 atom stereocenters. The lowest BCUT2D eigenvalue weighted by Crippen LogP contribution is -2.13. The lowest BCUT2D eigenvalue weighted by atomic mass is 10.1. The molecular formula is C26H23BrN2O3. The van der Waals surface area contributed by atoms with E-state index in [1.165, 1.54) is 11.6 Å². The number of carbonyl (C=O) groups excluding carboxylic acids is 1. The number of halogens is 1. The third kappa shape index (κ3) is 5.99. The topological polar surface area (TPSA) is 71.3 Å². The first-order valence-corrected chi connectivity index (χ1v) is 10.7. The van der Waals surface area contributed by atoms with Gasteiger partial charge in [-0.15, -0.1) is 0 Å². The Morgan fingerprint density at radius 1 is 1.03 bits per heavy atom. The zero-order valence-electron chi connectivity index (χ0n) is 18.1. The minimum absolute atomic E-state index is 0.0262. The molecule has 0 saturated carbocycles. The van der Waals surface area contributed by atoms with Crippen molar-refractivity contribution in [1.29, 1.82) is 5.26 Å². The van der Waals surface area contributed by atoms with E-state index >= 15 is 0 Å². The van der Waals surface area contributed by atoms with Crippen LogP contribution in [0.3, 0.4) is 0 Å². The Morgan fingerprint density at radius 3 is 2.25 bits per heavy atom. The maximum atomic E-state index is 12.6. The minimum Gasteiger partial charge on any atom is -0.493 e. The summed E-state index contributed by atoms with van der Waals surface area (Å²) in [5.41, 5.74) is 4.53. The van der Waals surface area contributed by atoms with Crippen molar-refractivity contribution in [1.82, 2.24) is 0 Å². The maximum Gasteiger partial charge on any atom is 0.266 e. The van der Waals surface area contributed by atoms with Gasteiger partial charge in [0, 0.05) is 10.2 Å². The van der Waals surface area contributed by atoms with Crippen LogP contribution in [0, 0.1) is 25.2 Å². The maximum absolute atomic E-state index is 12.6. The fourth-order valence-electron chi connectivity index (χ4n) is 2.92. The van der Waals surface area contributed by atoms with Gasteiger partial charge in [0.2, 0.25) is 0 Å². The average Bonchev–Trinajstić information content (AvgIpc) is 2.79. The Labute approximate surface area is 196 Å². The predicted molar refractivity (Wildman–Crippen MR) is 130 cm³/mol. The van der Waals surface area contributed by atoms with Gasteiger partial charge in [-0.3, -0.25) is 4.79 Å². The van der Waals surface area contributed by atoms with Crippen LogP contribution in [0.5, 0.6) is 11.5 Å². The molecule has 0 fully saturated rings. The highest BCUT2D eigenvalue weighted by molar-refractivity contribution is 9.10. The lowest BCUT2D eigenvalue weighted by molar-refractivity contribution is -0.112. The number of rotatable bonds is 7. The minimum atomic E-state index is -0.484. The molecule has 0 aliphatic rings. The highest BCUT2D eigenvalue weighted by Gasteiger charge is 2.14. The number of nitrogens with zero attached hydrogens (tertiary/aromatic N) is 1. The number of anilines is 1. The third-order valence-corrected chi connectivity index (χ3v) is 5.46. The predicted octanol–water partition coefficient (Wildman–Crippen LogP) is 6.20. The second kappa shape index (κ2) is 10.7. The second-order valence-electron chi connectivity index (χ2n) is 7.29. The lowest BCUT2D eigenvalue weighted by Gasteiger charge is -2.13. The number of carbonyl (C=O) groups is 1. The standard InChI is InChI=1S/C26H23BrN2O3/c1-17-4-8-19(9-5-17)16-32-25-14-23(27)20(13-24(25)31-3)12-21(15-28)26(30)29-22-10-6-18(2)7-11-22/h4-14H,16H2,1-3H3,(H,29,30)/b21-12+. The molecule has 0 aliphatic carbocycles. The molecule has 6 heteroatoms. The summed E-state index contributed by atoms with van der Waals surface area (Å²) in [7, 11) is 1.55. The Hall–Kier alpha value is -3.56. The van der Waals surface area contributed by atoms with Crippen molar-refractivity contribution in [2.45, 2.75) is 20.5 Å². The van der Waals surface area contributed by atoms with Crippen molar-refractivity contribution in [3.8, 4) is 17.6 Å². The van der Waals surface area contributed by atoms with Gasteiger partial charge in [0.25, 0.3) is 5.91 Å². The van der Waals surface area contributed by atoms with Crippen LogP contribution in [0.4, 0.5) is 5.69 Å². The monoisotopic (exact) mass is 490 g/mol. The first-order valence-electron chi connectivity index (χ1n) is 9.95. The molecule has 5 nitrogen and oxygen atoms in total. The largest absolute Gasteiger partial charge is 0.493 e. The van der Waals surface area contributed by atoms with E-state index in [0.717, 1.165) is 11.1 Å². The van der Waals surface area contributed by atoms with Crippen LogP contribution in [0.25, 0.3) is 6.08 Å². The van der Waals surface area contributed by atoms with Crippen LogP contribution in [0.2, 0.25) is 0 Å². The van der Waals surface area contributed by atoms with E-state index in [1.54, 1.807) is 31.4 Å². The molecule has 0 heterocycles. The van der Waals surface area contributed by atoms with Crippen LogP contribution in [0.15, 0.2) is 70.7 Å². The second-order valence-corrected chi connectivity index (χ2v) is 8.14. The average molecular weight is 491 g/mol. The highest BCUT2D eigenvalue weighted by Crippen LogP contribution is 2.35. The fraction of sp³-hybridized carbons (Fsp3) is 0.154. The van der Waals surface area contributed by atoms with E-state index in [0.29, 0.717) is 33.8 Å². The summed E-state index contributed by atoms with van der Waals surface area (Å²) in [5.74, 6) is 0.574. The zero-order valence-corrected chi connectivity index (χ0v) is 19.7. The summed E-state index contributed by atoms with van der Waals surface area (Å²) in [6.07, 6.45) is 1.51. The number of hydrogen-bond donors (Lipinski definition) is 1. The number of methoxy groups -OCH3 is 1. The quantitative estimate of drug-likeness (QED) is 0.316. The number of nitrogens with one attached hydrogen (secondary N) is 1. The van der Waals surface area contributed by atoms with E-state index in [-0.39, 0.29) is 5.57 Å². The summed E-state index contributed by atoms with van der Waals surface area (Å²) in [6, 6.07) is 20.9. The molecule has 3 rings (SSSR count). The van der Waals surface area contributed by atoms with Gasteiger partial charge >= 0.3 is 0 Å². The fourth-order valence-corrected chi connectivity index (χ4v) is 3.36. The normalized spacial score (nSPS) is 10.9. The van der Waals surface area contributed by atoms with E-state index in [9.17, 15) is 10.1 Å². The van der Waals surface area contributed by atoms with Crippen LogP contribution in [-0.4, -0.2) is 13.0 Å². The van der Waals surface area contributed by atoms with Crippen molar-refractivity contribution < 1.29 is 14.3 Å². The van der Waals surface area contributed by atoms with Crippen molar-refractivity contribution in [3.63, 3.8) is 0 Å². The number of hydrogen-bond acceptors (Lipinski definition) is 4. The highest BCUT2D eigenvalue weighted by atomic mass is 79.9. The molecule has 1 N–H and O–H groups in total. The third-order valence-electron chi connectivity index (χ3n) is 4.77. The van der Waals surface area contributed by atoms with Crippen LogP contribution >= 0.6 is 15.9 Å². The van der Waals surface area contributed by atoms with Gasteiger partial charge < -0.3 is 14.8 Å². The van der Waals surface area contributed by atoms with Crippen LogP contribution < -0.4 is 14.8 Å². The molecule has 32 heavy (non-hydrogen) atoms. The van der Waals surface area contributed by atoms with Crippen molar-refractivity contribution in [2.24, 2.45) is 0 Å². The summed E-state index contributed by atoms with van der Waals surface area (Å²) in [5, 5.41) is 12.3. The van der Waals surface area contributed by atoms with Crippen molar-refractivity contribution >= 4 is 33.6 Å². The van der Waals surface area contributed by atoms with Crippen LogP contribution in [0.1, 0.15) is 22.3 Å². The summed E-state index contributed by atoms with van der Waals surface area (Å²) < 4.78 is 12.1. The smallest absolute Gasteiger partial charge is 0.266 e. The van der Waals surface area contributed by atoms with E-state index in [2.05, 4.69) is 21.2 Å². The molecule has 162 valence electrons. The zero-order chi connectivity index (χ0) is 23.1. The molecule has 0 aliphatic heterocycles. The Morgan fingerprint density at radius 2 is 1.66 bits per heavy atom. The SMILES string of the molecule is COc1cc(/C=C(\C#N)C(=O)Nc2ccc(C)cc2)c(Br)cc1OCc1ccc(C)cc1. The molecular weight excluding hydrogens is 468 g/mol. The number of amides is 1. The van der Waals surface area contributed by atoms with Gasteiger partial charge in [-0.05, 0) is 55.3 Å². The van der Waals surface area contributed by atoms with E-state index < -0.39 is 5.91 Å². The molecule has 0 saturated heterocycles.